The summed E-state index contributed by atoms with van der Waals surface area (Å²) in [6.45, 7) is 12.6. The van der Waals surface area contributed by atoms with Crippen LogP contribution >= 0.6 is 11.3 Å². The maximum absolute atomic E-state index is 4.19. The van der Waals surface area contributed by atoms with E-state index < -0.39 is 0 Å². The SMILES string of the molecule is CC(C)C1CN(Cc2cncs2)C(C(C)C)CN1. The number of aromatic nitrogens is 1. The van der Waals surface area contributed by atoms with Gasteiger partial charge in [0.15, 0.2) is 0 Å². The van der Waals surface area contributed by atoms with Crippen molar-refractivity contribution in [1.29, 1.82) is 0 Å². The molecular formula is C14H25N3S. The number of hydrogen-bond acceptors (Lipinski definition) is 4. The molecule has 0 amide bonds. The number of piperazine rings is 1. The van der Waals surface area contributed by atoms with Gasteiger partial charge in [-0.1, -0.05) is 27.7 Å². The molecule has 4 heteroatoms. The van der Waals surface area contributed by atoms with Crippen LogP contribution in [0.5, 0.6) is 0 Å². The van der Waals surface area contributed by atoms with E-state index in [1.54, 1.807) is 11.3 Å². The van der Waals surface area contributed by atoms with Gasteiger partial charge in [0.2, 0.25) is 0 Å². The molecule has 1 aromatic rings. The number of thiazole rings is 1. The molecular weight excluding hydrogens is 242 g/mol. The van der Waals surface area contributed by atoms with E-state index in [4.69, 9.17) is 0 Å². The first-order valence-corrected chi connectivity index (χ1v) is 7.80. The van der Waals surface area contributed by atoms with Crippen molar-refractivity contribution in [2.24, 2.45) is 11.8 Å². The van der Waals surface area contributed by atoms with Crippen LogP contribution in [0, 0.1) is 11.8 Å². The Kier molecular flexibility index (Phi) is 4.76. The summed E-state index contributed by atoms with van der Waals surface area (Å²) in [5.74, 6) is 1.39. The molecule has 2 rings (SSSR count). The summed E-state index contributed by atoms with van der Waals surface area (Å²) in [7, 11) is 0. The zero-order valence-corrected chi connectivity index (χ0v) is 12.7. The number of nitrogens with one attached hydrogen (secondary N) is 1. The van der Waals surface area contributed by atoms with Gasteiger partial charge in [0.1, 0.15) is 0 Å². The fourth-order valence-corrected chi connectivity index (χ4v) is 3.28. The highest BCUT2D eigenvalue weighted by molar-refractivity contribution is 7.09. The molecule has 1 saturated heterocycles. The molecule has 1 aliphatic heterocycles. The fraction of sp³-hybridized carbons (Fsp3) is 0.786. The first kappa shape index (κ1) is 14.0. The first-order valence-electron chi connectivity index (χ1n) is 6.92. The van der Waals surface area contributed by atoms with E-state index in [-0.39, 0.29) is 0 Å². The highest BCUT2D eigenvalue weighted by Crippen LogP contribution is 2.21. The average molecular weight is 267 g/mol. The summed E-state index contributed by atoms with van der Waals surface area (Å²) in [6.07, 6.45) is 2.01. The van der Waals surface area contributed by atoms with Crippen molar-refractivity contribution < 1.29 is 0 Å². The molecule has 2 atom stereocenters. The highest BCUT2D eigenvalue weighted by Gasteiger charge is 2.31. The summed E-state index contributed by atoms with van der Waals surface area (Å²) >= 11 is 1.77. The van der Waals surface area contributed by atoms with Crippen LogP contribution < -0.4 is 5.32 Å². The van der Waals surface area contributed by atoms with Gasteiger partial charge in [-0.05, 0) is 11.8 Å². The summed E-state index contributed by atoms with van der Waals surface area (Å²) in [6, 6.07) is 1.26. The molecule has 1 aromatic heterocycles. The van der Waals surface area contributed by atoms with Crippen molar-refractivity contribution >= 4 is 11.3 Å². The molecule has 18 heavy (non-hydrogen) atoms. The van der Waals surface area contributed by atoms with Gasteiger partial charge in [0.05, 0.1) is 5.51 Å². The Morgan fingerprint density at radius 1 is 1.39 bits per heavy atom. The van der Waals surface area contributed by atoms with Crippen LogP contribution in [0.15, 0.2) is 11.7 Å². The van der Waals surface area contributed by atoms with Crippen molar-refractivity contribution in [3.8, 4) is 0 Å². The van der Waals surface area contributed by atoms with Gasteiger partial charge in [-0.3, -0.25) is 9.88 Å². The molecule has 1 aliphatic rings. The Balaban J connectivity index is 2.04. The Morgan fingerprint density at radius 2 is 2.17 bits per heavy atom. The van der Waals surface area contributed by atoms with E-state index in [9.17, 15) is 0 Å². The van der Waals surface area contributed by atoms with Gasteiger partial charge >= 0.3 is 0 Å². The molecule has 0 radical (unpaired) electrons. The van der Waals surface area contributed by atoms with E-state index in [1.807, 2.05) is 11.7 Å². The minimum absolute atomic E-state index is 0.618. The predicted molar refractivity (Wildman–Crippen MR) is 77.8 cm³/mol. The quantitative estimate of drug-likeness (QED) is 0.909. The molecule has 0 aromatic carbocycles. The molecule has 0 spiro atoms. The van der Waals surface area contributed by atoms with E-state index >= 15 is 0 Å². The monoisotopic (exact) mass is 267 g/mol. The van der Waals surface area contributed by atoms with Crippen LogP contribution in [0.25, 0.3) is 0 Å². The maximum Gasteiger partial charge on any atom is 0.0794 e. The summed E-state index contributed by atoms with van der Waals surface area (Å²) in [5, 5.41) is 3.71. The van der Waals surface area contributed by atoms with Crippen LogP contribution in [0.4, 0.5) is 0 Å². The van der Waals surface area contributed by atoms with Crippen LogP contribution in [0.2, 0.25) is 0 Å². The summed E-state index contributed by atoms with van der Waals surface area (Å²) in [4.78, 5) is 8.21. The second-order valence-electron chi connectivity index (χ2n) is 5.97. The molecule has 0 bridgehead atoms. The lowest BCUT2D eigenvalue weighted by Crippen LogP contribution is -2.59. The lowest BCUT2D eigenvalue weighted by Gasteiger charge is -2.43. The minimum atomic E-state index is 0.618. The highest BCUT2D eigenvalue weighted by atomic mass is 32.1. The molecule has 102 valence electrons. The van der Waals surface area contributed by atoms with Gasteiger partial charge in [-0.2, -0.15) is 0 Å². The van der Waals surface area contributed by atoms with Crippen LogP contribution in [0.3, 0.4) is 0 Å². The Bertz CT molecular complexity index is 348. The first-order chi connectivity index (χ1) is 8.58. The van der Waals surface area contributed by atoms with Gasteiger partial charge in [-0.15, -0.1) is 11.3 Å². The topological polar surface area (TPSA) is 28.2 Å². The third-order valence-corrected chi connectivity index (χ3v) is 4.67. The standard InChI is InChI=1S/C14H25N3S/c1-10(2)13-8-17(7-12-5-15-9-18-12)14(6-16-13)11(3)4/h5,9-11,13-14,16H,6-8H2,1-4H3. The van der Waals surface area contributed by atoms with E-state index in [1.165, 1.54) is 4.88 Å². The van der Waals surface area contributed by atoms with Crippen molar-refractivity contribution in [2.75, 3.05) is 13.1 Å². The van der Waals surface area contributed by atoms with Gasteiger partial charge in [0, 0.05) is 42.8 Å². The second-order valence-corrected chi connectivity index (χ2v) is 6.94. The average Bonchev–Trinajstić information content (AvgIpc) is 2.81. The van der Waals surface area contributed by atoms with Crippen LogP contribution in [-0.4, -0.2) is 35.1 Å². The van der Waals surface area contributed by atoms with Crippen molar-refractivity contribution in [1.82, 2.24) is 15.2 Å². The van der Waals surface area contributed by atoms with Gasteiger partial charge in [0.25, 0.3) is 0 Å². The predicted octanol–water partition coefficient (Wildman–Crippen LogP) is 2.60. The van der Waals surface area contributed by atoms with Gasteiger partial charge < -0.3 is 5.32 Å². The smallest absolute Gasteiger partial charge is 0.0794 e. The molecule has 2 unspecified atom stereocenters. The largest absolute Gasteiger partial charge is 0.311 e. The Labute approximate surface area is 115 Å². The van der Waals surface area contributed by atoms with E-state index in [0.29, 0.717) is 23.9 Å². The zero-order valence-electron chi connectivity index (χ0n) is 11.9. The van der Waals surface area contributed by atoms with E-state index in [0.717, 1.165) is 19.6 Å². The zero-order chi connectivity index (χ0) is 13.1. The number of rotatable bonds is 4. The third kappa shape index (κ3) is 3.31. The Hall–Kier alpha value is -0.450. The maximum atomic E-state index is 4.19. The molecule has 1 N–H and O–H groups in total. The second kappa shape index (κ2) is 6.13. The van der Waals surface area contributed by atoms with Crippen molar-refractivity contribution in [3.05, 3.63) is 16.6 Å². The molecule has 0 aliphatic carbocycles. The molecule has 1 fully saturated rings. The van der Waals surface area contributed by atoms with E-state index in [2.05, 4.69) is 42.9 Å². The van der Waals surface area contributed by atoms with Crippen LogP contribution in [-0.2, 0) is 6.54 Å². The summed E-state index contributed by atoms with van der Waals surface area (Å²) < 4.78 is 0. The number of hydrogen-bond donors (Lipinski definition) is 1. The number of nitrogens with zero attached hydrogens (tertiary/aromatic N) is 2. The van der Waals surface area contributed by atoms with Gasteiger partial charge in [-0.25, -0.2) is 0 Å². The minimum Gasteiger partial charge on any atom is -0.311 e. The molecule has 0 saturated carbocycles. The fourth-order valence-electron chi connectivity index (χ4n) is 2.66. The normalized spacial score (nSPS) is 26.1. The van der Waals surface area contributed by atoms with Crippen LogP contribution in [0.1, 0.15) is 32.6 Å². The van der Waals surface area contributed by atoms with Crippen molar-refractivity contribution in [3.63, 3.8) is 0 Å². The lowest BCUT2D eigenvalue weighted by molar-refractivity contribution is 0.0792. The van der Waals surface area contributed by atoms with Crippen molar-refractivity contribution in [2.45, 2.75) is 46.3 Å². The molecule has 2 heterocycles. The molecule has 3 nitrogen and oxygen atoms in total. The Morgan fingerprint density at radius 3 is 2.72 bits per heavy atom. The summed E-state index contributed by atoms with van der Waals surface area (Å²) in [5.41, 5.74) is 1.93. The lowest BCUT2D eigenvalue weighted by atomic mass is 9.94. The third-order valence-electron chi connectivity index (χ3n) is 3.91.